The largest absolute Gasteiger partial charge is 0.491 e. The summed E-state index contributed by atoms with van der Waals surface area (Å²) in [6.45, 7) is 4.48. The average Bonchev–Trinajstić information content (AvgIpc) is 2.40. The summed E-state index contributed by atoms with van der Waals surface area (Å²) in [5.74, 6) is 0.787. The van der Waals surface area contributed by atoms with E-state index in [-0.39, 0.29) is 6.04 Å². The molecular weight excluding hydrogens is 258 g/mol. The van der Waals surface area contributed by atoms with Crippen molar-refractivity contribution in [1.82, 2.24) is 0 Å². The van der Waals surface area contributed by atoms with Crippen LogP contribution in [0.4, 0.5) is 0 Å². The molecule has 1 atom stereocenters. The van der Waals surface area contributed by atoms with E-state index < -0.39 is 0 Å². The van der Waals surface area contributed by atoms with Crippen molar-refractivity contribution in [3.8, 4) is 5.75 Å². The zero-order valence-corrected chi connectivity index (χ0v) is 11.9. The number of rotatable bonds is 4. The first-order chi connectivity index (χ1) is 9.06. The van der Waals surface area contributed by atoms with Crippen molar-refractivity contribution in [2.75, 3.05) is 6.61 Å². The normalized spacial score (nSPS) is 12.2. The standard InChI is InChI=1S/C16H18ClNO/c1-11-3-6-13(7-4-11)15(18)10-19-16-9-14(17)8-5-12(16)2/h3-9,15H,10,18H2,1-2H3. The summed E-state index contributed by atoms with van der Waals surface area (Å²) in [5.41, 5.74) is 9.48. The van der Waals surface area contributed by atoms with Gasteiger partial charge in [0.05, 0.1) is 6.04 Å². The van der Waals surface area contributed by atoms with Crippen molar-refractivity contribution in [3.63, 3.8) is 0 Å². The Morgan fingerprint density at radius 1 is 1.11 bits per heavy atom. The van der Waals surface area contributed by atoms with Gasteiger partial charge in [-0.3, -0.25) is 0 Å². The lowest BCUT2D eigenvalue weighted by atomic mass is 10.1. The molecule has 2 aromatic carbocycles. The van der Waals surface area contributed by atoms with E-state index in [1.165, 1.54) is 5.56 Å². The van der Waals surface area contributed by atoms with Gasteiger partial charge in [-0.15, -0.1) is 0 Å². The molecule has 100 valence electrons. The van der Waals surface area contributed by atoms with Crippen LogP contribution in [0.3, 0.4) is 0 Å². The molecule has 2 nitrogen and oxygen atoms in total. The number of ether oxygens (including phenoxy) is 1. The first kappa shape index (κ1) is 13.9. The lowest BCUT2D eigenvalue weighted by molar-refractivity contribution is 0.289. The molecule has 0 heterocycles. The van der Waals surface area contributed by atoms with E-state index in [4.69, 9.17) is 22.1 Å². The predicted molar refractivity (Wildman–Crippen MR) is 79.8 cm³/mol. The van der Waals surface area contributed by atoms with Gasteiger partial charge in [-0.05, 0) is 37.1 Å². The lowest BCUT2D eigenvalue weighted by Gasteiger charge is -2.15. The maximum Gasteiger partial charge on any atom is 0.123 e. The molecular formula is C16H18ClNO. The molecule has 2 rings (SSSR count). The fourth-order valence-electron chi connectivity index (χ4n) is 1.82. The summed E-state index contributed by atoms with van der Waals surface area (Å²) in [6, 6.07) is 13.7. The molecule has 0 aliphatic carbocycles. The molecule has 0 fully saturated rings. The van der Waals surface area contributed by atoms with Gasteiger partial charge in [0.25, 0.3) is 0 Å². The highest BCUT2D eigenvalue weighted by Crippen LogP contribution is 2.23. The van der Waals surface area contributed by atoms with Crippen LogP contribution in [-0.4, -0.2) is 6.61 Å². The second-order valence-electron chi connectivity index (χ2n) is 4.74. The highest BCUT2D eigenvalue weighted by Gasteiger charge is 2.08. The van der Waals surface area contributed by atoms with Crippen molar-refractivity contribution in [2.24, 2.45) is 5.73 Å². The zero-order chi connectivity index (χ0) is 13.8. The van der Waals surface area contributed by atoms with Gasteiger partial charge in [0.15, 0.2) is 0 Å². The van der Waals surface area contributed by atoms with E-state index >= 15 is 0 Å². The van der Waals surface area contributed by atoms with E-state index in [1.807, 2.05) is 37.3 Å². The van der Waals surface area contributed by atoms with Crippen LogP contribution in [0.1, 0.15) is 22.7 Å². The molecule has 3 heteroatoms. The minimum absolute atomic E-state index is 0.140. The Labute approximate surface area is 119 Å². The smallest absolute Gasteiger partial charge is 0.123 e. The molecule has 0 saturated heterocycles. The maximum absolute atomic E-state index is 6.12. The van der Waals surface area contributed by atoms with Gasteiger partial charge in [0.2, 0.25) is 0 Å². The fourth-order valence-corrected chi connectivity index (χ4v) is 1.98. The summed E-state index contributed by atoms with van der Waals surface area (Å²) >= 11 is 5.96. The number of benzene rings is 2. The van der Waals surface area contributed by atoms with Crippen LogP contribution in [-0.2, 0) is 0 Å². The summed E-state index contributed by atoms with van der Waals surface area (Å²) in [6.07, 6.45) is 0. The van der Waals surface area contributed by atoms with Gasteiger partial charge in [-0.25, -0.2) is 0 Å². The van der Waals surface area contributed by atoms with Gasteiger partial charge >= 0.3 is 0 Å². The Bertz CT molecular complexity index is 551. The third-order valence-corrected chi connectivity index (χ3v) is 3.31. The molecule has 0 amide bonds. The minimum atomic E-state index is -0.140. The summed E-state index contributed by atoms with van der Waals surface area (Å²) in [5, 5.41) is 0.671. The van der Waals surface area contributed by atoms with E-state index in [0.717, 1.165) is 16.9 Å². The average molecular weight is 276 g/mol. The first-order valence-corrected chi connectivity index (χ1v) is 6.65. The zero-order valence-electron chi connectivity index (χ0n) is 11.2. The van der Waals surface area contributed by atoms with Crippen LogP contribution in [0.25, 0.3) is 0 Å². The number of aryl methyl sites for hydroxylation is 2. The monoisotopic (exact) mass is 275 g/mol. The number of hydrogen-bond donors (Lipinski definition) is 1. The molecule has 0 aromatic heterocycles. The van der Waals surface area contributed by atoms with Crippen LogP contribution in [0.5, 0.6) is 5.75 Å². The fraction of sp³-hybridized carbons (Fsp3) is 0.250. The molecule has 19 heavy (non-hydrogen) atoms. The molecule has 0 aliphatic rings. The number of hydrogen-bond acceptors (Lipinski definition) is 2. The minimum Gasteiger partial charge on any atom is -0.491 e. The highest BCUT2D eigenvalue weighted by molar-refractivity contribution is 6.30. The van der Waals surface area contributed by atoms with Crippen LogP contribution in [0.2, 0.25) is 5.02 Å². The van der Waals surface area contributed by atoms with Crippen molar-refractivity contribution in [3.05, 3.63) is 64.2 Å². The number of nitrogens with two attached hydrogens (primary N) is 1. The third kappa shape index (κ3) is 3.72. The Hall–Kier alpha value is -1.51. The molecule has 0 radical (unpaired) electrons. The molecule has 2 aromatic rings. The molecule has 0 spiro atoms. The van der Waals surface area contributed by atoms with Gasteiger partial charge in [-0.1, -0.05) is 47.5 Å². The predicted octanol–water partition coefficient (Wildman–Crippen LogP) is 4.04. The van der Waals surface area contributed by atoms with Crippen LogP contribution in [0.15, 0.2) is 42.5 Å². The third-order valence-electron chi connectivity index (χ3n) is 3.07. The number of halogens is 1. The van der Waals surface area contributed by atoms with Crippen LogP contribution >= 0.6 is 11.6 Å². The maximum atomic E-state index is 6.12. The summed E-state index contributed by atoms with van der Waals surface area (Å²) in [4.78, 5) is 0. The molecule has 0 bridgehead atoms. The Balaban J connectivity index is 2.02. The van der Waals surface area contributed by atoms with E-state index in [9.17, 15) is 0 Å². The second kappa shape index (κ2) is 6.09. The highest BCUT2D eigenvalue weighted by atomic mass is 35.5. The van der Waals surface area contributed by atoms with Gasteiger partial charge in [0.1, 0.15) is 12.4 Å². The molecule has 1 unspecified atom stereocenters. The van der Waals surface area contributed by atoms with Crippen molar-refractivity contribution in [1.29, 1.82) is 0 Å². The second-order valence-corrected chi connectivity index (χ2v) is 5.17. The molecule has 2 N–H and O–H groups in total. The quantitative estimate of drug-likeness (QED) is 0.914. The van der Waals surface area contributed by atoms with E-state index in [0.29, 0.717) is 11.6 Å². The summed E-state index contributed by atoms with van der Waals surface area (Å²) < 4.78 is 5.75. The Kier molecular flexibility index (Phi) is 4.46. The van der Waals surface area contributed by atoms with Crippen LogP contribution < -0.4 is 10.5 Å². The van der Waals surface area contributed by atoms with Gasteiger partial charge in [0, 0.05) is 5.02 Å². The summed E-state index contributed by atoms with van der Waals surface area (Å²) in [7, 11) is 0. The van der Waals surface area contributed by atoms with E-state index in [2.05, 4.69) is 19.1 Å². The Morgan fingerprint density at radius 3 is 2.47 bits per heavy atom. The van der Waals surface area contributed by atoms with E-state index in [1.54, 1.807) is 0 Å². The topological polar surface area (TPSA) is 35.2 Å². The molecule has 0 saturated carbocycles. The van der Waals surface area contributed by atoms with Gasteiger partial charge < -0.3 is 10.5 Å². The van der Waals surface area contributed by atoms with Crippen molar-refractivity contribution >= 4 is 11.6 Å². The Morgan fingerprint density at radius 2 is 1.79 bits per heavy atom. The van der Waals surface area contributed by atoms with Crippen LogP contribution in [0, 0.1) is 13.8 Å². The molecule has 0 aliphatic heterocycles. The first-order valence-electron chi connectivity index (χ1n) is 6.27. The van der Waals surface area contributed by atoms with Crippen molar-refractivity contribution < 1.29 is 4.74 Å². The van der Waals surface area contributed by atoms with Crippen molar-refractivity contribution in [2.45, 2.75) is 19.9 Å². The lowest BCUT2D eigenvalue weighted by Crippen LogP contribution is -2.19. The SMILES string of the molecule is Cc1ccc(C(N)COc2cc(Cl)ccc2C)cc1. The van der Waals surface area contributed by atoms with Gasteiger partial charge in [-0.2, -0.15) is 0 Å².